The Hall–Kier alpha value is 1.25. The van der Waals surface area contributed by atoms with Gasteiger partial charge >= 0.3 is 8.69 Å². The zero-order valence-corrected chi connectivity index (χ0v) is 9.86. The van der Waals surface area contributed by atoms with E-state index in [0.29, 0.717) is 0 Å². The average molecular weight is 259 g/mol. The Balaban J connectivity index is 0. The molecule has 2 nitrogen and oxygen atoms in total. The van der Waals surface area contributed by atoms with Crippen LogP contribution in [0.2, 0.25) is 0 Å². The van der Waals surface area contributed by atoms with Crippen LogP contribution < -0.4 is 0 Å². The molecule has 0 aromatic rings. The third-order valence-electron chi connectivity index (χ3n) is 0.311. The van der Waals surface area contributed by atoms with Crippen LogP contribution in [0.15, 0.2) is 0 Å². The van der Waals surface area contributed by atoms with E-state index in [1.807, 2.05) is 20.8 Å². The zero-order valence-electron chi connectivity index (χ0n) is 5.34. The van der Waals surface area contributed by atoms with Gasteiger partial charge in [-0.3, -0.25) is 4.52 Å². The van der Waals surface area contributed by atoms with E-state index in [-0.39, 0.29) is 49.9 Å². The summed E-state index contributed by atoms with van der Waals surface area (Å²) in [5.41, 5.74) is -0.274. The van der Waals surface area contributed by atoms with Gasteiger partial charge in [-0.1, -0.05) is 0 Å². The second-order valence-electron chi connectivity index (χ2n) is 2.28. The minimum absolute atomic E-state index is 0. The Morgan fingerprint density at radius 2 is 1.75 bits per heavy atom. The fourth-order valence-electron chi connectivity index (χ4n) is 0.112. The summed E-state index contributed by atoms with van der Waals surface area (Å²) in [5, 5.41) is 0. The van der Waals surface area contributed by atoms with Gasteiger partial charge in [-0.2, -0.15) is 0 Å². The second-order valence-corrected chi connectivity index (χ2v) is 2.61. The summed E-state index contributed by atoms with van der Waals surface area (Å²) in [7, 11) is -0.241. The summed E-state index contributed by atoms with van der Waals surface area (Å²) in [6.07, 6.45) is 0. The van der Waals surface area contributed by atoms with Gasteiger partial charge in [0.25, 0.3) is 0 Å². The first-order valence-corrected chi connectivity index (χ1v) is 2.80. The fourth-order valence-corrected chi connectivity index (χ4v) is 0.335. The van der Waals surface area contributed by atoms with Crippen molar-refractivity contribution in [2.45, 2.75) is 26.4 Å². The SMILES string of the molecule is CC(C)(C)OP=O.[La]. The van der Waals surface area contributed by atoms with Crippen molar-refractivity contribution in [1.82, 2.24) is 0 Å². The summed E-state index contributed by atoms with van der Waals surface area (Å²) in [6.45, 7) is 5.54. The molecule has 0 amide bonds. The van der Waals surface area contributed by atoms with E-state index in [9.17, 15) is 4.57 Å². The van der Waals surface area contributed by atoms with Crippen molar-refractivity contribution in [2.24, 2.45) is 0 Å². The molecule has 0 heterocycles. The summed E-state index contributed by atoms with van der Waals surface area (Å²) >= 11 is 0. The van der Waals surface area contributed by atoms with Gasteiger partial charge in [0.15, 0.2) is 0 Å². The molecular weight excluding hydrogens is 250 g/mol. The Kier molecular flexibility index (Phi) is 7.60. The van der Waals surface area contributed by atoms with Gasteiger partial charge in [0, 0.05) is 35.6 Å². The predicted octanol–water partition coefficient (Wildman–Crippen LogP) is 2.01. The van der Waals surface area contributed by atoms with Gasteiger partial charge in [-0.25, -0.2) is 4.57 Å². The monoisotopic (exact) mass is 259 g/mol. The molecule has 0 aliphatic carbocycles. The van der Waals surface area contributed by atoms with Crippen LogP contribution >= 0.6 is 8.69 Å². The van der Waals surface area contributed by atoms with E-state index in [4.69, 9.17) is 0 Å². The number of hydrogen-bond donors (Lipinski definition) is 0. The summed E-state index contributed by atoms with van der Waals surface area (Å²) < 4.78 is 14.3. The van der Waals surface area contributed by atoms with Crippen LogP contribution in [-0.4, -0.2) is 5.60 Å². The van der Waals surface area contributed by atoms with Crippen molar-refractivity contribution in [1.29, 1.82) is 0 Å². The maximum atomic E-state index is 9.70. The molecule has 0 fully saturated rings. The first-order valence-electron chi connectivity index (χ1n) is 2.07. The van der Waals surface area contributed by atoms with Gasteiger partial charge in [-0.15, -0.1) is 0 Å². The maximum Gasteiger partial charge on any atom is 0.327 e. The van der Waals surface area contributed by atoms with E-state index >= 15 is 0 Å². The molecule has 4 heteroatoms. The van der Waals surface area contributed by atoms with Crippen LogP contribution in [0.25, 0.3) is 0 Å². The van der Waals surface area contributed by atoms with Gasteiger partial charge < -0.3 is 0 Å². The Bertz CT molecular complexity index is 68.9. The predicted molar refractivity (Wildman–Crippen MR) is 28.4 cm³/mol. The van der Waals surface area contributed by atoms with E-state index in [1.165, 1.54) is 0 Å². The molecule has 8 heavy (non-hydrogen) atoms. The first-order chi connectivity index (χ1) is 3.06. The molecule has 0 spiro atoms. The molecule has 0 aliphatic rings. The average Bonchev–Trinajstić information content (AvgIpc) is 1.30. The minimum Gasteiger partial charge on any atom is -0.289 e. The van der Waals surface area contributed by atoms with E-state index in [1.54, 1.807) is 0 Å². The molecule has 0 aromatic carbocycles. The summed E-state index contributed by atoms with van der Waals surface area (Å²) in [5.74, 6) is 0. The Labute approximate surface area is 79.3 Å². The van der Waals surface area contributed by atoms with Crippen LogP contribution in [0.3, 0.4) is 0 Å². The minimum atomic E-state index is -0.274. The third kappa shape index (κ3) is 10.3. The van der Waals surface area contributed by atoms with Crippen LogP contribution in [0.1, 0.15) is 20.8 Å². The van der Waals surface area contributed by atoms with Gasteiger partial charge in [-0.05, 0) is 20.8 Å². The molecular formula is C4H9LaO2P. The molecule has 0 saturated heterocycles. The summed E-state index contributed by atoms with van der Waals surface area (Å²) in [4.78, 5) is 0. The molecule has 0 atom stereocenters. The van der Waals surface area contributed by atoms with Gasteiger partial charge in [0.1, 0.15) is 0 Å². The van der Waals surface area contributed by atoms with Crippen LogP contribution in [0.5, 0.6) is 0 Å². The Morgan fingerprint density at radius 1 is 1.38 bits per heavy atom. The molecule has 1 radical (unpaired) electrons. The van der Waals surface area contributed by atoms with Crippen LogP contribution in [0.4, 0.5) is 0 Å². The molecule has 0 N–H and O–H groups in total. The van der Waals surface area contributed by atoms with Gasteiger partial charge in [0.2, 0.25) is 0 Å². The largest absolute Gasteiger partial charge is 0.327 e. The normalized spacial score (nSPS) is 10.9. The van der Waals surface area contributed by atoms with Crippen molar-refractivity contribution in [3.8, 4) is 0 Å². The summed E-state index contributed by atoms with van der Waals surface area (Å²) in [6, 6.07) is 0. The Morgan fingerprint density at radius 3 is 1.75 bits per heavy atom. The van der Waals surface area contributed by atoms with Crippen molar-refractivity contribution in [3.63, 3.8) is 0 Å². The molecule has 0 aliphatic heterocycles. The maximum absolute atomic E-state index is 9.70. The second kappa shape index (κ2) is 5.07. The number of hydrogen-bond acceptors (Lipinski definition) is 2. The van der Waals surface area contributed by atoms with E-state index in [0.717, 1.165) is 0 Å². The van der Waals surface area contributed by atoms with E-state index in [2.05, 4.69) is 4.52 Å². The number of rotatable bonds is 1. The molecule has 0 unspecified atom stereocenters. The van der Waals surface area contributed by atoms with Crippen molar-refractivity contribution in [2.75, 3.05) is 0 Å². The fraction of sp³-hybridized carbons (Fsp3) is 1.00. The topological polar surface area (TPSA) is 26.3 Å². The molecule has 0 aromatic heterocycles. The quantitative estimate of drug-likeness (QED) is 0.673. The standard InChI is InChI=1S/C4H9O2P.La/c1-4(2,3)6-7-5;/h1-3H3;. The van der Waals surface area contributed by atoms with Crippen molar-refractivity contribution >= 4 is 8.69 Å². The molecule has 0 rings (SSSR count). The smallest absolute Gasteiger partial charge is 0.289 e. The first kappa shape index (κ1) is 12.0. The van der Waals surface area contributed by atoms with Crippen LogP contribution in [-0.2, 0) is 9.09 Å². The van der Waals surface area contributed by atoms with Crippen molar-refractivity contribution < 1.29 is 44.7 Å². The zero-order chi connectivity index (χ0) is 5.91. The van der Waals surface area contributed by atoms with Gasteiger partial charge in [0.05, 0.1) is 5.60 Å². The van der Waals surface area contributed by atoms with E-state index < -0.39 is 0 Å². The van der Waals surface area contributed by atoms with Crippen molar-refractivity contribution in [3.05, 3.63) is 0 Å². The third-order valence-corrected chi connectivity index (χ3v) is 0.933. The van der Waals surface area contributed by atoms with Crippen LogP contribution in [0, 0.1) is 35.6 Å². The molecule has 0 saturated carbocycles. The molecule has 45 valence electrons. The molecule has 0 bridgehead atoms.